The van der Waals surface area contributed by atoms with E-state index in [0.29, 0.717) is 5.82 Å². The summed E-state index contributed by atoms with van der Waals surface area (Å²) < 4.78 is 3.67. The van der Waals surface area contributed by atoms with E-state index in [1.165, 1.54) is 0 Å². The van der Waals surface area contributed by atoms with Crippen LogP contribution in [0.2, 0.25) is 0 Å². The molecule has 0 spiro atoms. The number of hydrogen-bond donors (Lipinski definition) is 0. The van der Waals surface area contributed by atoms with Gasteiger partial charge in [-0.3, -0.25) is 14.3 Å². The summed E-state index contributed by atoms with van der Waals surface area (Å²) in [5.74, 6) is 1.49. The van der Waals surface area contributed by atoms with Gasteiger partial charge in [-0.15, -0.1) is 0 Å². The number of aromatic nitrogens is 7. The van der Waals surface area contributed by atoms with Crippen molar-refractivity contribution in [1.29, 1.82) is 0 Å². The molecule has 25 heavy (non-hydrogen) atoms. The van der Waals surface area contributed by atoms with E-state index in [1.807, 2.05) is 49.4 Å². The molecule has 4 heterocycles. The van der Waals surface area contributed by atoms with Crippen LogP contribution in [0.1, 0.15) is 0 Å². The second-order valence-corrected chi connectivity index (χ2v) is 5.81. The maximum absolute atomic E-state index is 4.78. The number of fused-ring (bicyclic) bond motifs is 1. The maximum Gasteiger partial charge on any atom is 0.165 e. The monoisotopic (exact) mass is 334 g/mol. The maximum atomic E-state index is 4.78. The van der Waals surface area contributed by atoms with Gasteiger partial charge in [0.15, 0.2) is 11.5 Å². The summed E-state index contributed by atoms with van der Waals surface area (Å²) in [6, 6.07) is 5.76. The van der Waals surface area contributed by atoms with Crippen molar-refractivity contribution in [2.45, 2.75) is 6.54 Å². The Morgan fingerprint density at radius 3 is 2.76 bits per heavy atom. The lowest BCUT2D eigenvalue weighted by Gasteiger charge is -2.19. The van der Waals surface area contributed by atoms with E-state index in [0.717, 1.165) is 35.5 Å². The number of anilines is 1. The predicted octanol–water partition coefficient (Wildman–Crippen LogP) is 1.76. The Labute approximate surface area is 144 Å². The second-order valence-electron chi connectivity index (χ2n) is 5.81. The smallest absolute Gasteiger partial charge is 0.165 e. The number of hydrogen-bond acceptors (Lipinski definition) is 6. The van der Waals surface area contributed by atoms with Crippen molar-refractivity contribution in [1.82, 2.24) is 34.5 Å². The molecule has 0 unspecified atom stereocenters. The Morgan fingerprint density at radius 1 is 1.08 bits per heavy atom. The van der Waals surface area contributed by atoms with Crippen LogP contribution >= 0.6 is 0 Å². The molecule has 0 saturated heterocycles. The number of pyridine rings is 1. The molecule has 0 amide bonds. The van der Waals surface area contributed by atoms with Crippen molar-refractivity contribution < 1.29 is 0 Å². The standard InChI is InChI=1S/C17H18N8/c1-23(9-10-25-8-4-7-19-25)16-14-12-20-24(2)17(14)22-15(21-16)13-5-3-6-18-11-13/h3-8,11-12H,9-10H2,1-2H3. The van der Waals surface area contributed by atoms with Crippen molar-refractivity contribution in [2.24, 2.45) is 7.05 Å². The summed E-state index contributed by atoms with van der Waals surface area (Å²) in [6.45, 7) is 1.55. The zero-order chi connectivity index (χ0) is 17.2. The van der Waals surface area contributed by atoms with E-state index in [9.17, 15) is 0 Å². The highest BCUT2D eigenvalue weighted by Crippen LogP contribution is 2.26. The Bertz CT molecular complexity index is 975. The molecule has 8 heteroatoms. The molecule has 0 bridgehead atoms. The molecular formula is C17H18N8. The Hall–Kier alpha value is -3.29. The van der Waals surface area contributed by atoms with Crippen LogP contribution in [-0.2, 0) is 13.6 Å². The fourth-order valence-corrected chi connectivity index (χ4v) is 2.71. The highest BCUT2D eigenvalue weighted by molar-refractivity contribution is 5.88. The predicted molar refractivity (Wildman–Crippen MR) is 95.0 cm³/mol. The fourth-order valence-electron chi connectivity index (χ4n) is 2.71. The minimum absolute atomic E-state index is 0.644. The Morgan fingerprint density at radius 2 is 2.00 bits per heavy atom. The lowest BCUT2D eigenvalue weighted by atomic mass is 10.2. The molecule has 4 aromatic rings. The quantitative estimate of drug-likeness (QED) is 0.553. The van der Waals surface area contributed by atoms with Crippen LogP contribution in [0.15, 0.2) is 49.2 Å². The lowest BCUT2D eigenvalue weighted by Crippen LogP contribution is -2.24. The molecule has 0 aliphatic heterocycles. The van der Waals surface area contributed by atoms with Crippen molar-refractivity contribution >= 4 is 16.9 Å². The third-order valence-electron chi connectivity index (χ3n) is 4.08. The molecule has 0 fully saturated rings. The van der Waals surface area contributed by atoms with Gasteiger partial charge in [-0.25, -0.2) is 9.97 Å². The normalized spacial score (nSPS) is 11.1. The average molecular weight is 334 g/mol. The molecule has 8 nitrogen and oxygen atoms in total. The number of aryl methyl sites for hydroxylation is 1. The van der Waals surface area contributed by atoms with Crippen molar-refractivity contribution in [3.8, 4) is 11.4 Å². The van der Waals surface area contributed by atoms with Crippen molar-refractivity contribution in [3.63, 3.8) is 0 Å². The zero-order valence-electron chi connectivity index (χ0n) is 14.1. The number of rotatable bonds is 5. The van der Waals surface area contributed by atoms with Gasteiger partial charge in [0.2, 0.25) is 0 Å². The first-order chi connectivity index (χ1) is 12.2. The van der Waals surface area contributed by atoms with E-state index in [2.05, 4.69) is 25.1 Å². The SMILES string of the molecule is CN(CCn1cccn1)c1nc(-c2cccnc2)nc2c1cnn2C. The van der Waals surface area contributed by atoms with Crippen LogP contribution in [-0.4, -0.2) is 48.1 Å². The van der Waals surface area contributed by atoms with Crippen LogP contribution in [0.3, 0.4) is 0 Å². The van der Waals surface area contributed by atoms with Crippen LogP contribution < -0.4 is 4.90 Å². The molecule has 0 aliphatic rings. The molecule has 0 aromatic carbocycles. The van der Waals surface area contributed by atoms with E-state index >= 15 is 0 Å². The first-order valence-electron chi connectivity index (χ1n) is 8.01. The van der Waals surface area contributed by atoms with Crippen LogP contribution in [0, 0.1) is 0 Å². The summed E-state index contributed by atoms with van der Waals surface area (Å²) in [7, 11) is 3.90. The third kappa shape index (κ3) is 2.93. The topological polar surface area (TPSA) is 77.6 Å². The third-order valence-corrected chi connectivity index (χ3v) is 4.08. The first-order valence-corrected chi connectivity index (χ1v) is 8.01. The van der Waals surface area contributed by atoms with E-state index in [1.54, 1.807) is 23.3 Å². The minimum Gasteiger partial charge on any atom is -0.357 e. The average Bonchev–Trinajstić information content (AvgIpc) is 3.30. The van der Waals surface area contributed by atoms with E-state index in [-0.39, 0.29) is 0 Å². The number of nitrogens with zero attached hydrogens (tertiary/aromatic N) is 8. The van der Waals surface area contributed by atoms with E-state index in [4.69, 9.17) is 4.98 Å². The van der Waals surface area contributed by atoms with Gasteiger partial charge < -0.3 is 4.90 Å². The van der Waals surface area contributed by atoms with Gasteiger partial charge >= 0.3 is 0 Å². The highest BCUT2D eigenvalue weighted by Gasteiger charge is 2.16. The van der Waals surface area contributed by atoms with Crippen LogP contribution in [0.4, 0.5) is 5.82 Å². The largest absolute Gasteiger partial charge is 0.357 e. The van der Waals surface area contributed by atoms with Gasteiger partial charge in [-0.05, 0) is 18.2 Å². The van der Waals surface area contributed by atoms with Gasteiger partial charge in [0, 0.05) is 51.0 Å². The molecular weight excluding hydrogens is 316 g/mol. The molecule has 126 valence electrons. The summed E-state index contributed by atoms with van der Waals surface area (Å²) in [4.78, 5) is 15.7. The summed E-state index contributed by atoms with van der Waals surface area (Å²) in [5.41, 5.74) is 1.68. The first kappa shape index (κ1) is 15.3. The summed E-state index contributed by atoms with van der Waals surface area (Å²) >= 11 is 0. The van der Waals surface area contributed by atoms with Gasteiger partial charge in [0.25, 0.3) is 0 Å². The van der Waals surface area contributed by atoms with Gasteiger partial charge in [-0.2, -0.15) is 10.2 Å². The summed E-state index contributed by atoms with van der Waals surface area (Å²) in [6.07, 6.45) is 9.05. The van der Waals surface area contributed by atoms with Crippen molar-refractivity contribution in [3.05, 3.63) is 49.2 Å². The zero-order valence-corrected chi connectivity index (χ0v) is 14.1. The molecule has 0 radical (unpaired) electrons. The molecule has 0 N–H and O–H groups in total. The lowest BCUT2D eigenvalue weighted by molar-refractivity contribution is 0.610. The van der Waals surface area contributed by atoms with Gasteiger partial charge in [0.05, 0.1) is 18.1 Å². The van der Waals surface area contributed by atoms with Gasteiger partial charge in [-0.1, -0.05) is 0 Å². The molecule has 4 aromatic heterocycles. The molecule has 0 aliphatic carbocycles. The molecule has 0 saturated carbocycles. The fraction of sp³-hybridized carbons (Fsp3) is 0.235. The second kappa shape index (κ2) is 6.31. The Balaban J connectivity index is 1.73. The number of likely N-dealkylation sites (N-methyl/N-ethyl adjacent to an activating group) is 1. The highest BCUT2D eigenvalue weighted by atomic mass is 15.3. The van der Waals surface area contributed by atoms with Crippen LogP contribution in [0.25, 0.3) is 22.4 Å². The van der Waals surface area contributed by atoms with Gasteiger partial charge in [0.1, 0.15) is 5.82 Å². The van der Waals surface area contributed by atoms with Crippen LogP contribution in [0.5, 0.6) is 0 Å². The molecule has 4 rings (SSSR count). The summed E-state index contributed by atoms with van der Waals surface area (Å²) in [5, 5.41) is 9.51. The Kier molecular flexibility index (Phi) is 3.85. The van der Waals surface area contributed by atoms with Crippen molar-refractivity contribution in [2.75, 3.05) is 18.5 Å². The molecule has 0 atom stereocenters. The van der Waals surface area contributed by atoms with E-state index < -0.39 is 0 Å². The minimum atomic E-state index is 0.644.